The Morgan fingerprint density at radius 2 is 2.23 bits per heavy atom. The summed E-state index contributed by atoms with van der Waals surface area (Å²) in [4.78, 5) is 3.94. The molecule has 0 amide bonds. The van der Waals surface area contributed by atoms with Crippen molar-refractivity contribution in [1.82, 2.24) is 14.8 Å². The molecule has 0 atom stereocenters. The largest absolute Gasteiger partial charge is 0.396 e. The van der Waals surface area contributed by atoms with Gasteiger partial charge in [-0.1, -0.05) is 0 Å². The van der Waals surface area contributed by atoms with Gasteiger partial charge in [-0.3, -0.25) is 4.98 Å². The number of rotatable bonds is 1. The lowest BCUT2D eigenvalue weighted by atomic mass is 10.3. The summed E-state index contributed by atoms with van der Waals surface area (Å²) in [5.74, 6) is 0. The summed E-state index contributed by atoms with van der Waals surface area (Å²) >= 11 is 3.37. The van der Waals surface area contributed by atoms with Crippen LogP contribution in [0.4, 0.5) is 5.69 Å². The van der Waals surface area contributed by atoms with Gasteiger partial charge >= 0.3 is 0 Å². The van der Waals surface area contributed by atoms with Crippen molar-refractivity contribution in [3.63, 3.8) is 0 Å². The van der Waals surface area contributed by atoms with Crippen molar-refractivity contribution < 1.29 is 0 Å². The number of aromatic nitrogens is 3. The molecule has 0 aliphatic rings. The molecule has 0 bridgehead atoms. The van der Waals surface area contributed by atoms with Crippen LogP contribution in [0.5, 0.6) is 0 Å². The molecule has 13 heavy (non-hydrogen) atoms. The van der Waals surface area contributed by atoms with Crippen LogP contribution in [0.25, 0.3) is 5.69 Å². The fourth-order valence-corrected chi connectivity index (χ4v) is 1.61. The molecule has 66 valence electrons. The summed E-state index contributed by atoms with van der Waals surface area (Å²) < 4.78 is 2.53. The van der Waals surface area contributed by atoms with Gasteiger partial charge in [0, 0.05) is 18.6 Å². The average Bonchev–Trinajstić information content (AvgIpc) is 2.57. The molecule has 0 aliphatic carbocycles. The van der Waals surface area contributed by atoms with Crippen LogP contribution in [-0.2, 0) is 0 Å². The topological polar surface area (TPSA) is 56.7 Å². The molecule has 4 nitrogen and oxygen atoms in total. The van der Waals surface area contributed by atoms with Crippen molar-refractivity contribution >= 4 is 21.6 Å². The van der Waals surface area contributed by atoms with Crippen LogP contribution in [0, 0.1) is 0 Å². The van der Waals surface area contributed by atoms with E-state index in [1.165, 1.54) is 0 Å². The third-order valence-electron chi connectivity index (χ3n) is 1.63. The lowest BCUT2D eigenvalue weighted by Gasteiger charge is -2.06. The molecule has 0 saturated carbocycles. The van der Waals surface area contributed by atoms with E-state index in [0.29, 0.717) is 5.69 Å². The second kappa shape index (κ2) is 3.18. The van der Waals surface area contributed by atoms with Gasteiger partial charge in [-0.2, -0.15) is 5.10 Å². The van der Waals surface area contributed by atoms with E-state index in [-0.39, 0.29) is 0 Å². The highest BCUT2D eigenvalue weighted by Crippen LogP contribution is 2.24. The molecule has 5 heteroatoms. The fraction of sp³-hybridized carbons (Fsp3) is 0. The number of nitrogens with zero attached hydrogens (tertiary/aromatic N) is 3. The van der Waals surface area contributed by atoms with Gasteiger partial charge in [0.15, 0.2) is 0 Å². The molecule has 2 rings (SSSR count). The monoisotopic (exact) mass is 238 g/mol. The zero-order valence-electron chi connectivity index (χ0n) is 6.68. The zero-order chi connectivity index (χ0) is 9.26. The number of nitrogen functional groups attached to an aromatic ring is 1. The smallest absolute Gasteiger partial charge is 0.105 e. The third-order valence-corrected chi connectivity index (χ3v) is 2.21. The summed E-state index contributed by atoms with van der Waals surface area (Å²) in [5, 5.41) is 4.09. The van der Waals surface area contributed by atoms with Crippen molar-refractivity contribution in [2.45, 2.75) is 0 Å². The summed E-state index contributed by atoms with van der Waals surface area (Å²) in [6.45, 7) is 0. The quantitative estimate of drug-likeness (QED) is 0.822. The maximum absolute atomic E-state index is 5.76. The summed E-state index contributed by atoms with van der Waals surface area (Å²) in [5.41, 5.74) is 7.17. The number of pyridine rings is 1. The number of hydrogen-bond donors (Lipinski definition) is 1. The molecule has 2 aromatic rings. The molecule has 0 fully saturated rings. The minimum atomic E-state index is 0.595. The van der Waals surface area contributed by atoms with Crippen molar-refractivity contribution in [2.24, 2.45) is 0 Å². The average molecular weight is 239 g/mol. The molecule has 0 radical (unpaired) electrons. The number of hydrogen-bond acceptors (Lipinski definition) is 3. The van der Waals surface area contributed by atoms with Crippen molar-refractivity contribution in [3.05, 3.63) is 35.3 Å². The van der Waals surface area contributed by atoms with Crippen molar-refractivity contribution in [1.29, 1.82) is 0 Å². The molecule has 0 aromatic carbocycles. The number of anilines is 1. The van der Waals surface area contributed by atoms with Crippen molar-refractivity contribution in [2.75, 3.05) is 5.73 Å². The van der Waals surface area contributed by atoms with Crippen LogP contribution in [-0.4, -0.2) is 14.8 Å². The Morgan fingerprint density at radius 3 is 2.85 bits per heavy atom. The Labute approximate surface area is 83.5 Å². The Hall–Kier alpha value is -1.36. The highest BCUT2D eigenvalue weighted by atomic mass is 79.9. The van der Waals surface area contributed by atoms with Gasteiger partial charge in [-0.25, -0.2) is 4.68 Å². The van der Waals surface area contributed by atoms with Gasteiger partial charge in [0.05, 0.1) is 16.4 Å². The molecule has 2 N–H and O–H groups in total. The molecule has 0 aliphatic heterocycles. The van der Waals surface area contributed by atoms with E-state index in [4.69, 9.17) is 5.73 Å². The first-order valence-corrected chi connectivity index (χ1v) is 4.47. The number of nitrogens with two attached hydrogens (primary N) is 1. The van der Waals surface area contributed by atoms with E-state index in [2.05, 4.69) is 26.0 Å². The Balaban J connectivity index is 2.64. The molecular weight excluding hydrogens is 232 g/mol. The highest BCUT2D eigenvalue weighted by Gasteiger charge is 2.06. The predicted octanol–water partition coefficient (Wildman–Crippen LogP) is 1.61. The van der Waals surface area contributed by atoms with E-state index < -0.39 is 0 Å². The SMILES string of the molecule is Nc1cncc(Br)c1-n1cccn1. The van der Waals surface area contributed by atoms with Crippen molar-refractivity contribution in [3.8, 4) is 5.69 Å². The summed E-state index contributed by atoms with van der Waals surface area (Å²) in [6.07, 6.45) is 6.82. The lowest BCUT2D eigenvalue weighted by Crippen LogP contribution is -2.01. The molecule has 2 aromatic heterocycles. The van der Waals surface area contributed by atoms with Crippen LogP contribution in [0.1, 0.15) is 0 Å². The first kappa shape index (κ1) is 8.25. The van der Waals surface area contributed by atoms with Crippen LogP contribution in [0.15, 0.2) is 35.3 Å². The van der Waals surface area contributed by atoms with Gasteiger partial charge < -0.3 is 5.73 Å². The van der Waals surface area contributed by atoms with E-state index in [1.54, 1.807) is 23.3 Å². The minimum absolute atomic E-state index is 0.595. The Kier molecular flexibility index (Phi) is 2.02. The van der Waals surface area contributed by atoms with Gasteiger partial charge in [-0.05, 0) is 22.0 Å². The normalized spacial score (nSPS) is 10.2. The maximum atomic E-state index is 5.76. The second-order valence-electron chi connectivity index (χ2n) is 2.51. The molecule has 0 unspecified atom stereocenters. The van der Waals surface area contributed by atoms with Gasteiger partial charge in [0.1, 0.15) is 5.69 Å². The van der Waals surface area contributed by atoms with E-state index in [0.717, 1.165) is 10.2 Å². The van der Waals surface area contributed by atoms with Crippen LogP contribution < -0.4 is 5.73 Å². The fourth-order valence-electron chi connectivity index (χ4n) is 1.09. The van der Waals surface area contributed by atoms with Crippen LogP contribution >= 0.6 is 15.9 Å². The number of halogens is 1. The van der Waals surface area contributed by atoms with Crippen LogP contribution in [0.3, 0.4) is 0 Å². The lowest BCUT2D eigenvalue weighted by molar-refractivity contribution is 0.875. The van der Waals surface area contributed by atoms with Gasteiger partial charge in [0.2, 0.25) is 0 Å². The molecule has 0 saturated heterocycles. The third kappa shape index (κ3) is 1.42. The van der Waals surface area contributed by atoms with Gasteiger partial charge in [-0.15, -0.1) is 0 Å². The standard InChI is InChI=1S/C8H7BrN4/c9-6-4-11-5-7(10)8(6)13-3-1-2-12-13/h1-5H,10H2. The van der Waals surface area contributed by atoms with E-state index >= 15 is 0 Å². The van der Waals surface area contributed by atoms with Gasteiger partial charge in [0.25, 0.3) is 0 Å². The first-order chi connectivity index (χ1) is 6.29. The minimum Gasteiger partial charge on any atom is -0.396 e. The highest BCUT2D eigenvalue weighted by molar-refractivity contribution is 9.10. The molecule has 0 spiro atoms. The maximum Gasteiger partial charge on any atom is 0.105 e. The predicted molar refractivity (Wildman–Crippen MR) is 53.5 cm³/mol. The van der Waals surface area contributed by atoms with E-state index in [1.807, 2.05) is 12.3 Å². The first-order valence-electron chi connectivity index (χ1n) is 3.68. The zero-order valence-corrected chi connectivity index (χ0v) is 8.27. The van der Waals surface area contributed by atoms with Crippen LogP contribution in [0.2, 0.25) is 0 Å². The second-order valence-corrected chi connectivity index (χ2v) is 3.36. The Morgan fingerprint density at radius 1 is 1.38 bits per heavy atom. The Bertz CT molecular complexity index is 390. The summed E-state index contributed by atoms with van der Waals surface area (Å²) in [6, 6.07) is 1.84. The molecular formula is C8H7BrN4. The summed E-state index contributed by atoms with van der Waals surface area (Å²) in [7, 11) is 0. The van der Waals surface area contributed by atoms with E-state index in [9.17, 15) is 0 Å². The molecule has 2 heterocycles.